The second-order valence-corrected chi connectivity index (χ2v) is 7.62. The molecule has 0 aliphatic rings. The van der Waals surface area contributed by atoms with Gasteiger partial charge in [-0.2, -0.15) is 0 Å². The molecule has 0 spiro atoms. The molecule has 0 unspecified atom stereocenters. The van der Waals surface area contributed by atoms with Gasteiger partial charge in [-0.05, 0) is 32.0 Å². The van der Waals surface area contributed by atoms with E-state index in [1.165, 1.54) is 12.7 Å². The number of carbonyl (C=O) groups is 2. The van der Waals surface area contributed by atoms with Gasteiger partial charge in [0.05, 0.1) is 29.6 Å². The number of rotatable bonds is 8. The molecule has 0 radical (unpaired) electrons. The van der Waals surface area contributed by atoms with Crippen molar-refractivity contribution in [2.45, 2.75) is 20.4 Å². The van der Waals surface area contributed by atoms with Gasteiger partial charge in [0.2, 0.25) is 0 Å². The number of hydrogen-bond acceptors (Lipinski definition) is 6. The maximum absolute atomic E-state index is 13.1. The van der Waals surface area contributed by atoms with Crippen molar-refractivity contribution in [1.29, 1.82) is 0 Å². The summed E-state index contributed by atoms with van der Waals surface area (Å²) in [5, 5.41) is 0. The molecule has 0 amide bonds. The van der Waals surface area contributed by atoms with Crippen molar-refractivity contribution in [3.63, 3.8) is 0 Å². The summed E-state index contributed by atoms with van der Waals surface area (Å²) in [6.45, 7) is 5.03. The first-order chi connectivity index (χ1) is 15.4. The van der Waals surface area contributed by atoms with E-state index in [2.05, 4.69) is 22.0 Å². The fourth-order valence-corrected chi connectivity index (χ4v) is 3.69. The molecule has 0 aliphatic carbocycles. The van der Waals surface area contributed by atoms with Crippen LogP contribution in [0.2, 0.25) is 0 Å². The zero-order chi connectivity index (χ0) is 23.1. The van der Waals surface area contributed by atoms with Crippen molar-refractivity contribution in [2.24, 2.45) is 0 Å². The summed E-state index contributed by atoms with van der Waals surface area (Å²) in [7, 11) is 3.29. The number of hydrogen-bond donors (Lipinski definition) is 0. The first-order valence-corrected chi connectivity index (χ1v) is 10.5. The summed E-state index contributed by atoms with van der Waals surface area (Å²) >= 11 is 0. The van der Waals surface area contributed by atoms with Crippen molar-refractivity contribution < 1.29 is 19.1 Å². The third-order valence-corrected chi connectivity index (χ3v) is 5.22. The van der Waals surface area contributed by atoms with E-state index < -0.39 is 11.9 Å². The van der Waals surface area contributed by atoms with Crippen molar-refractivity contribution in [3.05, 3.63) is 88.7 Å². The standard InChI is InChI=1S/C26H28N2O4/c1-18-22(25(29)31-4)24(21-13-9-6-10-14-21)23(19(2)27-18)26(30)32-16-15-28(3)17-20-11-7-5-8-12-20/h5-14H,15-17H2,1-4H3. The van der Waals surface area contributed by atoms with Crippen LogP contribution < -0.4 is 0 Å². The Kier molecular flexibility index (Phi) is 7.73. The first-order valence-electron chi connectivity index (χ1n) is 10.5. The van der Waals surface area contributed by atoms with Crippen LogP contribution in [-0.4, -0.2) is 49.1 Å². The molecule has 1 heterocycles. The van der Waals surface area contributed by atoms with E-state index in [-0.39, 0.29) is 17.7 Å². The molecule has 6 heteroatoms. The normalized spacial score (nSPS) is 10.8. The highest BCUT2D eigenvalue weighted by molar-refractivity contribution is 6.07. The van der Waals surface area contributed by atoms with Gasteiger partial charge in [0, 0.05) is 18.7 Å². The zero-order valence-electron chi connectivity index (χ0n) is 18.9. The molecule has 3 aromatic rings. The summed E-state index contributed by atoms with van der Waals surface area (Å²) in [4.78, 5) is 32.2. The number of ether oxygens (including phenoxy) is 2. The number of nitrogens with zero attached hydrogens (tertiary/aromatic N) is 2. The van der Waals surface area contributed by atoms with Crippen molar-refractivity contribution >= 4 is 11.9 Å². The van der Waals surface area contributed by atoms with Gasteiger partial charge in [-0.1, -0.05) is 60.7 Å². The van der Waals surface area contributed by atoms with Gasteiger partial charge >= 0.3 is 11.9 Å². The minimum absolute atomic E-state index is 0.220. The predicted molar refractivity (Wildman–Crippen MR) is 124 cm³/mol. The lowest BCUT2D eigenvalue weighted by Crippen LogP contribution is -2.25. The van der Waals surface area contributed by atoms with Crippen LogP contribution in [0.25, 0.3) is 11.1 Å². The lowest BCUT2D eigenvalue weighted by molar-refractivity contribution is 0.0470. The minimum Gasteiger partial charge on any atom is -0.465 e. The van der Waals surface area contributed by atoms with E-state index in [1.54, 1.807) is 13.8 Å². The zero-order valence-corrected chi connectivity index (χ0v) is 18.9. The Morgan fingerprint density at radius 1 is 0.875 bits per heavy atom. The number of likely N-dealkylation sites (N-methyl/N-ethyl adjacent to an activating group) is 1. The van der Waals surface area contributed by atoms with E-state index in [0.29, 0.717) is 23.5 Å². The third-order valence-electron chi connectivity index (χ3n) is 5.22. The molecule has 0 aliphatic heterocycles. The van der Waals surface area contributed by atoms with E-state index in [9.17, 15) is 9.59 Å². The second kappa shape index (κ2) is 10.7. The van der Waals surface area contributed by atoms with Crippen LogP contribution in [0.5, 0.6) is 0 Å². The SMILES string of the molecule is COC(=O)c1c(C)nc(C)c(C(=O)OCCN(C)Cc2ccccc2)c1-c1ccccc1. The highest BCUT2D eigenvalue weighted by Crippen LogP contribution is 2.32. The topological polar surface area (TPSA) is 68.7 Å². The van der Waals surface area contributed by atoms with Crippen LogP contribution in [0.3, 0.4) is 0 Å². The quantitative estimate of drug-likeness (QED) is 0.490. The summed E-state index contributed by atoms with van der Waals surface area (Å²) < 4.78 is 10.6. The lowest BCUT2D eigenvalue weighted by atomic mass is 9.92. The van der Waals surface area contributed by atoms with E-state index in [0.717, 1.165) is 12.1 Å². The molecule has 0 fully saturated rings. The third kappa shape index (κ3) is 5.39. The minimum atomic E-state index is -0.537. The van der Waals surface area contributed by atoms with Gasteiger partial charge in [-0.25, -0.2) is 9.59 Å². The van der Waals surface area contributed by atoms with E-state index in [1.807, 2.05) is 55.6 Å². The van der Waals surface area contributed by atoms with Crippen LogP contribution in [0.4, 0.5) is 0 Å². The molecule has 166 valence electrons. The Balaban J connectivity index is 1.84. The number of methoxy groups -OCH3 is 1. The average molecular weight is 433 g/mol. The molecular weight excluding hydrogens is 404 g/mol. The fourth-order valence-electron chi connectivity index (χ4n) is 3.69. The smallest absolute Gasteiger partial charge is 0.340 e. The molecule has 0 saturated heterocycles. The number of carbonyl (C=O) groups excluding carboxylic acids is 2. The number of esters is 2. The molecule has 0 atom stereocenters. The van der Waals surface area contributed by atoms with Crippen molar-refractivity contribution in [2.75, 3.05) is 27.3 Å². The largest absolute Gasteiger partial charge is 0.465 e. The molecule has 32 heavy (non-hydrogen) atoms. The van der Waals surface area contributed by atoms with Crippen LogP contribution in [0, 0.1) is 13.8 Å². The summed E-state index contributed by atoms with van der Waals surface area (Å²) in [6.07, 6.45) is 0. The Morgan fingerprint density at radius 2 is 1.44 bits per heavy atom. The molecule has 0 saturated carbocycles. The van der Waals surface area contributed by atoms with Gasteiger partial charge in [-0.3, -0.25) is 9.88 Å². The Bertz CT molecular complexity index is 1080. The van der Waals surface area contributed by atoms with Crippen LogP contribution in [0.1, 0.15) is 37.7 Å². The van der Waals surface area contributed by atoms with E-state index >= 15 is 0 Å². The Hall–Kier alpha value is -3.51. The van der Waals surface area contributed by atoms with Gasteiger partial charge in [0.25, 0.3) is 0 Å². The van der Waals surface area contributed by atoms with Gasteiger partial charge in [0.15, 0.2) is 0 Å². The number of pyridine rings is 1. The number of aryl methyl sites for hydroxylation is 2. The van der Waals surface area contributed by atoms with E-state index in [4.69, 9.17) is 9.47 Å². The summed E-state index contributed by atoms with van der Waals surface area (Å²) in [5.74, 6) is -1.04. The van der Waals surface area contributed by atoms with Crippen LogP contribution in [-0.2, 0) is 16.0 Å². The lowest BCUT2D eigenvalue weighted by Gasteiger charge is -2.19. The Morgan fingerprint density at radius 3 is 2.03 bits per heavy atom. The summed E-state index contributed by atoms with van der Waals surface area (Å²) in [6, 6.07) is 19.4. The highest BCUT2D eigenvalue weighted by Gasteiger charge is 2.27. The maximum Gasteiger partial charge on any atom is 0.340 e. The first kappa shape index (κ1) is 23.2. The van der Waals surface area contributed by atoms with Gasteiger partial charge < -0.3 is 9.47 Å². The highest BCUT2D eigenvalue weighted by atomic mass is 16.5. The van der Waals surface area contributed by atoms with Gasteiger partial charge in [0.1, 0.15) is 6.61 Å². The molecule has 1 aromatic heterocycles. The fraction of sp³-hybridized carbons (Fsp3) is 0.269. The monoisotopic (exact) mass is 432 g/mol. The Labute approximate surface area is 188 Å². The summed E-state index contributed by atoms with van der Waals surface area (Å²) in [5.41, 5.74) is 3.99. The van der Waals surface area contributed by atoms with Crippen molar-refractivity contribution in [1.82, 2.24) is 9.88 Å². The number of aromatic nitrogens is 1. The molecule has 0 bridgehead atoms. The second-order valence-electron chi connectivity index (χ2n) is 7.62. The molecule has 0 N–H and O–H groups in total. The number of benzene rings is 2. The van der Waals surface area contributed by atoms with Crippen LogP contribution in [0.15, 0.2) is 60.7 Å². The molecule has 2 aromatic carbocycles. The van der Waals surface area contributed by atoms with Crippen molar-refractivity contribution in [3.8, 4) is 11.1 Å². The molecular formula is C26H28N2O4. The average Bonchev–Trinajstić information content (AvgIpc) is 2.79. The molecule has 3 rings (SSSR count). The predicted octanol–water partition coefficient (Wildman–Crippen LogP) is 4.44. The van der Waals surface area contributed by atoms with Crippen LogP contribution >= 0.6 is 0 Å². The molecule has 6 nitrogen and oxygen atoms in total. The maximum atomic E-state index is 13.1. The van der Waals surface area contributed by atoms with Gasteiger partial charge in [-0.15, -0.1) is 0 Å².